The molecule has 1 aromatic carbocycles. The van der Waals surface area contributed by atoms with E-state index in [0.717, 1.165) is 24.8 Å². The number of aryl methyl sites for hydroxylation is 1. The molecule has 1 aromatic rings. The van der Waals surface area contributed by atoms with Gasteiger partial charge in [-0.05, 0) is 44.9 Å². The summed E-state index contributed by atoms with van der Waals surface area (Å²) in [5.74, 6) is -0.0507. The molecule has 21 heavy (non-hydrogen) atoms. The highest BCUT2D eigenvalue weighted by molar-refractivity contribution is 5.81. The summed E-state index contributed by atoms with van der Waals surface area (Å²) < 4.78 is 24.2. The van der Waals surface area contributed by atoms with Gasteiger partial charge in [-0.2, -0.15) is 0 Å². The molecule has 1 aliphatic carbocycles. The first kappa shape index (κ1) is 15.8. The molecule has 0 spiro atoms. The lowest BCUT2D eigenvalue weighted by Gasteiger charge is -2.38. The first-order chi connectivity index (χ1) is 10.0. The maximum absolute atomic E-state index is 13.3. The zero-order valence-electron chi connectivity index (χ0n) is 12.7. The minimum Gasteiger partial charge on any atom is -0.490 e. The fourth-order valence-electron chi connectivity index (χ4n) is 2.92. The van der Waals surface area contributed by atoms with Crippen LogP contribution in [-0.4, -0.2) is 31.8 Å². The standard InChI is InChI=1S/C16H22FNO3/c1-11-6-7-12(17)9-14(11)21-13-5-4-8-16(10-13,18-2)15(19)20-3/h6-7,9,13,18H,4-5,8,10H2,1-3H3. The number of carbonyl (C=O) groups excluding carboxylic acids is 1. The normalized spacial score (nSPS) is 25.4. The summed E-state index contributed by atoms with van der Waals surface area (Å²) in [6, 6.07) is 4.50. The van der Waals surface area contributed by atoms with E-state index in [1.165, 1.54) is 19.2 Å². The van der Waals surface area contributed by atoms with Gasteiger partial charge in [0, 0.05) is 12.5 Å². The first-order valence-corrected chi connectivity index (χ1v) is 7.21. The van der Waals surface area contributed by atoms with Crippen molar-refractivity contribution >= 4 is 5.97 Å². The van der Waals surface area contributed by atoms with Crippen molar-refractivity contribution in [2.24, 2.45) is 0 Å². The van der Waals surface area contributed by atoms with Gasteiger partial charge in [-0.25, -0.2) is 4.39 Å². The molecule has 1 fully saturated rings. The highest BCUT2D eigenvalue weighted by Crippen LogP contribution is 2.33. The fraction of sp³-hybridized carbons (Fsp3) is 0.562. The molecule has 0 saturated heterocycles. The van der Waals surface area contributed by atoms with Crippen LogP contribution in [0.25, 0.3) is 0 Å². The van der Waals surface area contributed by atoms with Crippen LogP contribution in [0.1, 0.15) is 31.2 Å². The quantitative estimate of drug-likeness (QED) is 0.867. The molecule has 2 atom stereocenters. The van der Waals surface area contributed by atoms with Gasteiger partial charge in [-0.1, -0.05) is 6.07 Å². The van der Waals surface area contributed by atoms with Crippen molar-refractivity contribution in [3.8, 4) is 5.75 Å². The van der Waals surface area contributed by atoms with Crippen LogP contribution in [0.3, 0.4) is 0 Å². The van der Waals surface area contributed by atoms with E-state index < -0.39 is 5.54 Å². The summed E-state index contributed by atoms with van der Waals surface area (Å²) in [4.78, 5) is 12.0. The Labute approximate surface area is 124 Å². The van der Waals surface area contributed by atoms with Gasteiger partial charge >= 0.3 is 5.97 Å². The number of rotatable bonds is 4. The molecular formula is C16H22FNO3. The lowest BCUT2D eigenvalue weighted by molar-refractivity contribution is -0.151. The number of benzene rings is 1. The lowest BCUT2D eigenvalue weighted by Crippen LogP contribution is -2.55. The van der Waals surface area contributed by atoms with Crippen molar-refractivity contribution < 1.29 is 18.7 Å². The van der Waals surface area contributed by atoms with Crippen molar-refractivity contribution in [2.75, 3.05) is 14.2 Å². The third-order valence-corrected chi connectivity index (χ3v) is 4.20. The van der Waals surface area contributed by atoms with E-state index in [0.29, 0.717) is 12.2 Å². The molecule has 4 nitrogen and oxygen atoms in total. The van der Waals surface area contributed by atoms with Gasteiger partial charge in [0.1, 0.15) is 23.2 Å². The zero-order valence-corrected chi connectivity index (χ0v) is 12.7. The Morgan fingerprint density at radius 1 is 1.48 bits per heavy atom. The molecule has 5 heteroatoms. The number of hydrogen-bond donors (Lipinski definition) is 1. The van der Waals surface area contributed by atoms with E-state index in [1.807, 2.05) is 6.92 Å². The van der Waals surface area contributed by atoms with E-state index in [2.05, 4.69) is 5.32 Å². The molecule has 0 aromatic heterocycles. The molecule has 116 valence electrons. The van der Waals surface area contributed by atoms with Crippen molar-refractivity contribution in [1.29, 1.82) is 0 Å². The van der Waals surface area contributed by atoms with Crippen LogP contribution in [-0.2, 0) is 9.53 Å². The van der Waals surface area contributed by atoms with E-state index in [4.69, 9.17) is 9.47 Å². The van der Waals surface area contributed by atoms with Crippen LogP contribution in [0.2, 0.25) is 0 Å². The van der Waals surface area contributed by atoms with E-state index in [1.54, 1.807) is 13.1 Å². The molecular weight excluding hydrogens is 273 g/mol. The molecule has 0 aliphatic heterocycles. The summed E-state index contributed by atoms with van der Waals surface area (Å²) in [7, 11) is 3.15. The number of carbonyl (C=O) groups is 1. The predicted molar refractivity (Wildman–Crippen MR) is 77.8 cm³/mol. The second kappa shape index (κ2) is 6.43. The van der Waals surface area contributed by atoms with Crippen molar-refractivity contribution in [3.63, 3.8) is 0 Å². The molecule has 2 rings (SSSR count). The number of halogens is 1. The number of methoxy groups -OCH3 is 1. The maximum Gasteiger partial charge on any atom is 0.326 e. The molecule has 0 bridgehead atoms. The molecule has 0 heterocycles. The minimum atomic E-state index is -0.709. The molecule has 1 aliphatic rings. The second-order valence-corrected chi connectivity index (χ2v) is 5.57. The van der Waals surface area contributed by atoms with Crippen LogP contribution < -0.4 is 10.1 Å². The summed E-state index contributed by atoms with van der Waals surface area (Å²) in [6.07, 6.45) is 2.81. The average molecular weight is 295 g/mol. The lowest BCUT2D eigenvalue weighted by atomic mass is 9.80. The van der Waals surface area contributed by atoms with Crippen LogP contribution in [0.4, 0.5) is 4.39 Å². The molecule has 1 N–H and O–H groups in total. The van der Waals surface area contributed by atoms with Gasteiger partial charge in [-0.3, -0.25) is 4.79 Å². The highest BCUT2D eigenvalue weighted by Gasteiger charge is 2.43. The monoisotopic (exact) mass is 295 g/mol. The molecule has 0 radical (unpaired) electrons. The van der Waals surface area contributed by atoms with E-state index in [9.17, 15) is 9.18 Å². The second-order valence-electron chi connectivity index (χ2n) is 5.57. The van der Waals surface area contributed by atoms with Crippen molar-refractivity contribution in [2.45, 2.75) is 44.2 Å². The predicted octanol–water partition coefficient (Wildman–Crippen LogP) is 2.59. The maximum atomic E-state index is 13.3. The van der Waals surface area contributed by atoms with Crippen LogP contribution in [0.5, 0.6) is 5.75 Å². The Hall–Kier alpha value is -1.62. The summed E-state index contributed by atoms with van der Waals surface area (Å²) in [5.41, 5.74) is 0.175. The van der Waals surface area contributed by atoms with Gasteiger partial charge in [0.25, 0.3) is 0 Å². The fourth-order valence-corrected chi connectivity index (χ4v) is 2.92. The van der Waals surface area contributed by atoms with Gasteiger partial charge in [-0.15, -0.1) is 0 Å². The highest BCUT2D eigenvalue weighted by atomic mass is 19.1. The summed E-state index contributed by atoms with van der Waals surface area (Å²) in [5, 5.41) is 3.08. The Bertz CT molecular complexity index is 520. The minimum absolute atomic E-state index is 0.134. The first-order valence-electron chi connectivity index (χ1n) is 7.21. The van der Waals surface area contributed by atoms with Gasteiger partial charge < -0.3 is 14.8 Å². The topological polar surface area (TPSA) is 47.6 Å². The number of likely N-dealkylation sites (N-methyl/N-ethyl adjacent to an activating group) is 1. The van der Waals surface area contributed by atoms with Crippen molar-refractivity contribution in [1.82, 2.24) is 5.32 Å². The average Bonchev–Trinajstić information content (AvgIpc) is 2.50. The van der Waals surface area contributed by atoms with Crippen LogP contribution >= 0.6 is 0 Å². The third-order valence-electron chi connectivity index (χ3n) is 4.20. The van der Waals surface area contributed by atoms with Gasteiger partial charge in [0.2, 0.25) is 0 Å². The SMILES string of the molecule is CNC1(C(=O)OC)CCCC(Oc2cc(F)ccc2C)C1. The molecule has 0 amide bonds. The Morgan fingerprint density at radius 2 is 2.24 bits per heavy atom. The number of esters is 1. The number of ether oxygens (including phenoxy) is 2. The largest absolute Gasteiger partial charge is 0.490 e. The summed E-state index contributed by atoms with van der Waals surface area (Å²) >= 11 is 0. The third kappa shape index (κ3) is 3.35. The smallest absolute Gasteiger partial charge is 0.326 e. The molecule has 1 saturated carbocycles. The van der Waals surface area contributed by atoms with Crippen molar-refractivity contribution in [3.05, 3.63) is 29.6 Å². The Morgan fingerprint density at radius 3 is 2.90 bits per heavy atom. The van der Waals surface area contributed by atoms with E-state index in [-0.39, 0.29) is 17.9 Å². The van der Waals surface area contributed by atoms with Crippen LogP contribution in [0.15, 0.2) is 18.2 Å². The Balaban J connectivity index is 2.14. The Kier molecular flexibility index (Phi) is 4.83. The van der Waals surface area contributed by atoms with Gasteiger partial charge in [0.05, 0.1) is 7.11 Å². The molecule has 2 unspecified atom stereocenters. The summed E-state index contributed by atoms with van der Waals surface area (Å²) in [6.45, 7) is 1.88. The number of hydrogen-bond acceptors (Lipinski definition) is 4. The van der Waals surface area contributed by atoms with E-state index >= 15 is 0 Å². The zero-order chi connectivity index (χ0) is 15.5. The number of nitrogens with one attached hydrogen (secondary N) is 1. The van der Waals surface area contributed by atoms with Crippen LogP contribution in [0, 0.1) is 12.7 Å². The van der Waals surface area contributed by atoms with Gasteiger partial charge in [0.15, 0.2) is 0 Å².